The summed E-state index contributed by atoms with van der Waals surface area (Å²) >= 11 is 1.55. The lowest BCUT2D eigenvalue weighted by Crippen LogP contribution is -2.13. The van der Waals surface area contributed by atoms with Crippen molar-refractivity contribution in [2.24, 2.45) is 11.3 Å². The molecular formula is C31H34N2O4S. The number of ether oxygens (including phenoxy) is 1. The van der Waals surface area contributed by atoms with Crippen molar-refractivity contribution in [3.8, 4) is 16.9 Å². The van der Waals surface area contributed by atoms with Crippen LogP contribution >= 0.6 is 11.3 Å². The second-order valence-electron chi connectivity index (χ2n) is 10.7. The highest BCUT2D eigenvalue weighted by Crippen LogP contribution is 2.62. The SMILES string of the molecule is COc1ccc(-c2ccccc2)c(NC(=O)c2csc(C3CCCC4(CC3)CC4C(=O)CCC(C)=O)n2)c1. The van der Waals surface area contributed by atoms with Gasteiger partial charge in [-0.1, -0.05) is 36.8 Å². The maximum atomic E-state index is 13.2. The van der Waals surface area contributed by atoms with Crippen LogP contribution in [0, 0.1) is 11.3 Å². The minimum absolute atomic E-state index is 0.0836. The van der Waals surface area contributed by atoms with E-state index in [0.717, 1.165) is 54.7 Å². The van der Waals surface area contributed by atoms with Gasteiger partial charge < -0.3 is 14.8 Å². The Kier molecular flexibility index (Phi) is 7.75. The molecule has 1 aromatic heterocycles. The third kappa shape index (κ3) is 5.73. The van der Waals surface area contributed by atoms with E-state index in [1.165, 1.54) is 0 Å². The lowest BCUT2D eigenvalue weighted by Gasteiger charge is -2.14. The zero-order chi connectivity index (χ0) is 26.7. The Morgan fingerprint density at radius 2 is 1.89 bits per heavy atom. The standard InChI is InChI=1S/C31H34N2O4S/c1-20(34)10-13-28(35)25-18-31(25)15-6-9-22(14-16-31)30-33-27(19-38-30)29(36)32-26-17-23(37-2)11-12-24(26)21-7-4-3-5-8-21/h3-5,7-8,11-12,17,19,22,25H,6,9-10,13-16,18H2,1-2H3,(H,32,36). The fourth-order valence-corrected chi connectivity index (χ4v) is 6.87. The third-order valence-electron chi connectivity index (χ3n) is 8.18. The molecule has 5 rings (SSSR count). The molecule has 0 aliphatic heterocycles. The van der Waals surface area contributed by atoms with Crippen LogP contribution in [0.1, 0.15) is 79.7 Å². The van der Waals surface area contributed by atoms with Gasteiger partial charge in [-0.3, -0.25) is 9.59 Å². The summed E-state index contributed by atoms with van der Waals surface area (Å²) in [5.74, 6) is 1.22. The monoisotopic (exact) mass is 530 g/mol. The van der Waals surface area contributed by atoms with Gasteiger partial charge in [-0.25, -0.2) is 4.98 Å². The van der Waals surface area contributed by atoms with E-state index >= 15 is 0 Å². The topological polar surface area (TPSA) is 85.4 Å². The molecule has 0 saturated heterocycles. The Hall–Kier alpha value is -3.32. The molecule has 38 heavy (non-hydrogen) atoms. The molecule has 2 saturated carbocycles. The molecule has 2 fully saturated rings. The number of anilines is 1. The zero-order valence-corrected chi connectivity index (χ0v) is 22.8. The normalized spacial score (nSPS) is 22.5. The van der Waals surface area contributed by atoms with Crippen LogP contribution in [0.4, 0.5) is 5.69 Å². The van der Waals surface area contributed by atoms with Crippen LogP contribution in [0.25, 0.3) is 11.1 Å². The predicted molar refractivity (Wildman–Crippen MR) is 150 cm³/mol. The smallest absolute Gasteiger partial charge is 0.275 e. The average molecular weight is 531 g/mol. The van der Waals surface area contributed by atoms with Crippen LogP contribution in [-0.2, 0) is 9.59 Å². The van der Waals surface area contributed by atoms with Gasteiger partial charge in [0, 0.05) is 41.7 Å². The first-order chi connectivity index (χ1) is 18.4. The second-order valence-corrected chi connectivity index (χ2v) is 11.6. The van der Waals surface area contributed by atoms with Crippen molar-refractivity contribution in [3.05, 3.63) is 64.6 Å². The van der Waals surface area contributed by atoms with Crippen molar-refractivity contribution < 1.29 is 19.1 Å². The fraction of sp³-hybridized carbons (Fsp3) is 0.419. The number of thiazole rings is 1. The van der Waals surface area contributed by atoms with Crippen molar-refractivity contribution in [2.45, 2.75) is 64.2 Å². The Morgan fingerprint density at radius 1 is 1.08 bits per heavy atom. The average Bonchev–Trinajstić information content (AvgIpc) is 3.51. The van der Waals surface area contributed by atoms with Crippen LogP contribution in [-0.4, -0.2) is 29.6 Å². The van der Waals surface area contributed by atoms with Gasteiger partial charge in [-0.2, -0.15) is 0 Å². The predicted octanol–water partition coefficient (Wildman–Crippen LogP) is 7.06. The number of hydrogen-bond acceptors (Lipinski definition) is 6. The van der Waals surface area contributed by atoms with Gasteiger partial charge >= 0.3 is 0 Å². The Bertz CT molecular complexity index is 1330. The summed E-state index contributed by atoms with van der Waals surface area (Å²) in [5.41, 5.74) is 3.16. The number of hydrogen-bond donors (Lipinski definition) is 1. The summed E-state index contributed by atoms with van der Waals surface area (Å²) in [4.78, 5) is 41.9. The fourth-order valence-electron chi connectivity index (χ4n) is 5.90. The molecule has 0 radical (unpaired) electrons. The molecule has 1 heterocycles. The number of rotatable bonds is 9. The quantitative estimate of drug-likeness (QED) is 0.320. The summed E-state index contributed by atoms with van der Waals surface area (Å²) in [6.07, 6.45) is 6.86. The molecule has 1 amide bonds. The summed E-state index contributed by atoms with van der Waals surface area (Å²) in [6, 6.07) is 15.6. The van der Waals surface area contributed by atoms with Crippen LogP contribution < -0.4 is 10.1 Å². The lowest BCUT2D eigenvalue weighted by molar-refractivity contribution is -0.124. The number of ketones is 2. The van der Waals surface area contributed by atoms with E-state index in [-0.39, 0.29) is 28.8 Å². The van der Waals surface area contributed by atoms with E-state index in [9.17, 15) is 14.4 Å². The zero-order valence-electron chi connectivity index (χ0n) is 22.0. The number of nitrogens with zero attached hydrogens (tertiary/aromatic N) is 1. The molecule has 2 aliphatic rings. The number of benzene rings is 2. The molecule has 1 spiro atoms. The van der Waals surface area contributed by atoms with Crippen molar-refractivity contribution in [1.82, 2.24) is 4.98 Å². The molecule has 2 aromatic carbocycles. The van der Waals surface area contributed by atoms with Gasteiger partial charge in [0.15, 0.2) is 0 Å². The Labute approximate surface area is 227 Å². The Balaban J connectivity index is 1.25. The van der Waals surface area contributed by atoms with E-state index in [2.05, 4.69) is 5.32 Å². The van der Waals surface area contributed by atoms with E-state index in [1.807, 2.05) is 53.9 Å². The summed E-state index contributed by atoms with van der Waals surface area (Å²) in [6.45, 7) is 1.55. The van der Waals surface area contributed by atoms with Gasteiger partial charge in [0.25, 0.3) is 5.91 Å². The molecular weight excluding hydrogens is 496 g/mol. The van der Waals surface area contributed by atoms with Crippen molar-refractivity contribution >= 4 is 34.5 Å². The molecule has 7 heteroatoms. The molecule has 6 nitrogen and oxygen atoms in total. The van der Waals surface area contributed by atoms with Gasteiger partial charge in [-0.05, 0) is 62.1 Å². The largest absolute Gasteiger partial charge is 0.497 e. The second kappa shape index (κ2) is 11.2. The molecule has 3 unspecified atom stereocenters. The van der Waals surface area contributed by atoms with Crippen LogP contribution in [0.15, 0.2) is 53.9 Å². The number of aromatic nitrogens is 1. The minimum atomic E-state index is -0.235. The minimum Gasteiger partial charge on any atom is -0.497 e. The van der Waals surface area contributed by atoms with Gasteiger partial charge in [-0.15, -0.1) is 11.3 Å². The van der Waals surface area contributed by atoms with Crippen LogP contribution in [0.3, 0.4) is 0 Å². The lowest BCUT2D eigenvalue weighted by atomic mass is 9.91. The van der Waals surface area contributed by atoms with E-state index in [4.69, 9.17) is 9.72 Å². The van der Waals surface area contributed by atoms with Crippen molar-refractivity contribution in [1.29, 1.82) is 0 Å². The molecule has 2 aliphatic carbocycles. The number of carbonyl (C=O) groups is 3. The van der Waals surface area contributed by atoms with Gasteiger partial charge in [0.1, 0.15) is 23.0 Å². The first-order valence-corrected chi connectivity index (χ1v) is 14.3. The number of methoxy groups -OCH3 is 1. The number of amides is 1. The summed E-state index contributed by atoms with van der Waals surface area (Å²) < 4.78 is 5.40. The van der Waals surface area contributed by atoms with Crippen molar-refractivity contribution in [3.63, 3.8) is 0 Å². The maximum Gasteiger partial charge on any atom is 0.275 e. The highest BCUT2D eigenvalue weighted by Gasteiger charge is 2.56. The van der Waals surface area contributed by atoms with E-state index in [1.54, 1.807) is 25.4 Å². The summed E-state index contributed by atoms with van der Waals surface area (Å²) in [5, 5.41) is 5.90. The highest BCUT2D eigenvalue weighted by atomic mass is 32.1. The number of Topliss-reactive ketones (excluding diaryl/α,β-unsaturated/α-hetero) is 2. The van der Waals surface area contributed by atoms with E-state index in [0.29, 0.717) is 35.9 Å². The maximum absolute atomic E-state index is 13.2. The first kappa shape index (κ1) is 26.3. The summed E-state index contributed by atoms with van der Waals surface area (Å²) in [7, 11) is 1.61. The Morgan fingerprint density at radius 3 is 2.66 bits per heavy atom. The number of nitrogens with one attached hydrogen (secondary N) is 1. The molecule has 1 N–H and O–H groups in total. The third-order valence-corrected chi connectivity index (χ3v) is 9.19. The highest BCUT2D eigenvalue weighted by molar-refractivity contribution is 7.10. The molecule has 3 aromatic rings. The number of carbonyl (C=O) groups excluding carboxylic acids is 3. The molecule has 198 valence electrons. The van der Waals surface area contributed by atoms with E-state index < -0.39 is 0 Å². The van der Waals surface area contributed by atoms with Crippen LogP contribution in [0.2, 0.25) is 0 Å². The van der Waals surface area contributed by atoms with Gasteiger partial charge in [0.05, 0.1) is 17.8 Å². The molecule has 0 bridgehead atoms. The van der Waals surface area contributed by atoms with Crippen LogP contribution in [0.5, 0.6) is 5.75 Å². The van der Waals surface area contributed by atoms with Crippen molar-refractivity contribution in [2.75, 3.05) is 12.4 Å². The van der Waals surface area contributed by atoms with Gasteiger partial charge in [0.2, 0.25) is 0 Å². The molecule has 3 atom stereocenters. The first-order valence-electron chi connectivity index (χ1n) is 13.4.